The molecule has 4 aromatic rings. The summed E-state index contributed by atoms with van der Waals surface area (Å²) in [6.45, 7) is 3.93. The molecule has 4 rings (SSSR count). The first-order valence-corrected chi connectivity index (χ1v) is 13.2. The van der Waals surface area contributed by atoms with Crippen LogP contribution < -0.4 is 0 Å². The van der Waals surface area contributed by atoms with E-state index in [0.29, 0.717) is 11.1 Å². The first-order valence-electron chi connectivity index (χ1n) is 13.2. The van der Waals surface area contributed by atoms with Gasteiger partial charge in [0.2, 0.25) is 0 Å². The molecule has 0 aliphatic carbocycles. The number of benzene rings is 4. The molecule has 0 unspecified atom stereocenters. The number of hydrogen-bond acceptors (Lipinski definition) is 6. The third kappa shape index (κ3) is 13.3. The van der Waals surface area contributed by atoms with Gasteiger partial charge in [-0.1, -0.05) is 35.4 Å². The van der Waals surface area contributed by atoms with Crippen LogP contribution in [0.5, 0.6) is 11.5 Å². The van der Waals surface area contributed by atoms with Crippen LogP contribution in [0.3, 0.4) is 0 Å². The molecule has 232 valence electrons. The lowest BCUT2D eigenvalue weighted by Crippen LogP contribution is -2.21. The van der Waals surface area contributed by atoms with E-state index in [1.54, 1.807) is 69.5 Å². The summed E-state index contributed by atoms with van der Waals surface area (Å²) in [6.07, 6.45) is 0. The summed E-state index contributed by atoms with van der Waals surface area (Å²) < 4.78 is 0. The van der Waals surface area contributed by atoms with Crippen molar-refractivity contribution in [2.75, 3.05) is 28.2 Å². The fourth-order valence-corrected chi connectivity index (χ4v) is 3.12. The Hall–Kier alpha value is -5.64. The lowest BCUT2D eigenvalue weighted by molar-refractivity contribution is 0.0686. The van der Waals surface area contributed by atoms with Crippen LogP contribution in [-0.2, 0) is 0 Å². The third-order valence-corrected chi connectivity index (χ3v) is 5.64. The smallest absolute Gasteiger partial charge is 0.335 e. The average molecular weight is 603 g/mol. The number of aryl methyl sites for hydroxylation is 2. The summed E-state index contributed by atoms with van der Waals surface area (Å²) in [7, 11) is 6.88. The Balaban J connectivity index is 0.000000294. The van der Waals surface area contributed by atoms with Crippen LogP contribution in [0.15, 0.2) is 97.1 Å². The molecule has 0 fully saturated rings. The second-order valence-corrected chi connectivity index (χ2v) is 9.84. The van der Waals surface area contributed by atoms with Crippen molar-refractivity contribution in [2.45, 2.75) is 13.8 Å². The Morgan fingerprint density at radius 1 is 0.432 bits per heavy atom. The van der Waals surface area contributed by atoms with Crippen molar-refractivity contribution in [3.8, 4) is 11.5 Å². The largest absolute Gasteiger partial charge is 0.508 e. The van der Waals surface area contributed by atoms with E-state index in [0.717, 1.165) is 11.1 Å². The molecule has 0 aromatic heterocycles. The average Bonchev–Trinajstić information content (AvgIpc) is 2.98. The second kappa shape index (κ2) is 18.0. The Bertz CT molecular complexity index is 1380. The number of phenolic OH excluding ortho intramolecular Hbond substituents is 2. The molecule has 44 heavy (non-hydrogen) atoms. The van der Waals surface area contributed by atoms with Gasteiger partial charge in [0.25, 0.3) is 11.8 Å². The van der Waals surface area contributed by atoms with Crippen LogP contribution in [-0.4, -0.2) is 82.2 Å². The number of carboxylic acids is 2. The first kappa shape index (κ1) is 36.4. The van der Waals surface area contributed by atoms with Gasteiger partial charge < -0.3 is 30.2 Å². The van der Waals surface area contributed by atoms with Crippen molar-refractivity contribution in [2.24, 2.45) is 0 Å². The van der Waals surface area contributed by atoms with E-state index in [1.165, 1.54) is 46.9 Å². The quantitative estimate of drug-likeness (QED) is 0.236. The maximum Gasteiger partial charge on any atom is 0.335 e. The van der Waals surface area contributed by atoms with E-state index < -0.39 is 11.9 Å². The molecule has 2 amide bonds. The van der Waals surface area contributed by atoms with Crippen molar-refractivity contribution >= 4 is 23.8 Å². The molecular formula is C34H38N2O8. The minimum atomic E-state index is -0.986. The Morgan fingerprint density at radius 3 is 0.909 bits per heavy atom. The monoisotopic (exact) mass is 602 g/mol. The number of aromatic hydroxyl groups is 2. The molecule has 0 saturated heterocycles. The van der Waals surface area contributed by atoms with Gasteiger partial charge in [-0.3, -0.25) is 9.59 Å². The van der Waals surface area contributed by atoms with Crippen LogP contribution in [0.4, 0.5) is 0 Å². The van der Waals surface area contributed by atoms with E-state index >= 15 is 0 Å². The van der Waals surface area contributed by atoms with Crippen LogP contribution in [0.25, 0.3) is 0 Å². The lowest BCUT2D eigenvalue weighted by atomic mass is 10.1. The summed E-state index contributed by atoms with van der Waals surface area (Å²) in [5.74, 6) is -1.62. The molecule has 0 bridgehead atoms. The number of aromatic carboxylic acids is 2. The number of carbonyl (C=O) groups excluding carboxylic acids is 2. The standard InChI is InChI=1S/C10H13NO.C9H11NO2.C8H8O2.C7H6O3/c1-8-4-6-9(7-5-8)10(12)11(2)3;1-10(2)9(12)7-3-5-8(11)6-4-7;1-6-2-4-7(5-3-6)8(9)10;8-6-3-1-5(2-4-6)7(9)10/h4-7H,1-3H3;3-6,11H,1-2H3;2-5H,1H3,(H,9,10);1-4,8H,(H,9,10). The molecule has 0 aliphatic heterocycles. The second-order valence-electron chi connectivity index (χ2n) is 9.84. The molecule has 0 radical (unpaired) electrons. The summed E-state index contributed by atoms with van der Waals surface area (Å²) in [5, 5.41) is 34.6. The van der Waals surface area contributed by atoms with E-state index in [2.05, 4.69) is 0 Å². The summed E-state index contributed by atoms with van der Waals surface area (Å²) in [6, 6.07) is 25.9. The zero-order valence-electron chi connectivity index (χ0n) is 25.6. The van der Waals surface area contributed by atoms with E-state index in [1.807, 2.05) is 38.1 Å². The summed E-state index contributed by atoms with van der Waals surface area (Å²) in [4.78, 5) is 46.3. The van der Waals surface area contributed by atoms with Gasteiger partial charge >= 0.3 is 11.9 Å². The number of nitrogens with zero attached hydrogens (tertiary/aromatic N) is 2. The van der Waals surface area contributed by atoms with Crippen LogP contribution >= 0.6 is 0 Å². The fraction of sp³-hybridized carbons (Fsp3) is 0.176. The van der Waals surface area contributed by atoms with Crippen molar-refractivity contribution in [3.05, 3.63) is 130 Å². The zero-order chi connectivity index (χ0) is 33.4. The fourth-order valence-electron chi connectivity index (χ4n) is 3.12. The lowest BCUT2D eigenvalue weighted by Gasteiger charge is -2.09. The zero-order valence-corrected chi connectivity index (χ0v) is 25.6. The van der Waals surface area contributed by atoms with Crippen molar-refractivity contribution in [1.29, 1.82) is 0 Å². The van der Waals surface area contributed by atoms with Gasteiger partial charge in [-0.15, -0.1) is 0 Å². The van der Waals surface area contributed by atoms with E-state index in [9.17, 15) is 19.2 Å². The SMILES string of the molecule is CN(C)C(=O)c1ccc(O)cc1.Cc1ccc(C(=O)N(C)C)cc1.Cc1ccc(C(=O)O)cc1.O=C(O)c1ccc(O)cc1. The van der Waals surface area contributed by atoms with Crippen LogP contribution in [0.2, 0.25) is 0 Å². The van der Waals surface area contributed by atoms with Crippen molar-refractivity contribution in [1.82, 2.24) is 9.80 Å². The Kier molecular flexibility index (Phi) is 14.9. The number of carboxylic acid groups (broad SMARTS) is 2. The predicted molar refractivity (Wildman–Crippen MR) is 169 cm³/mol. The minimum absolute atomic E-state index is 0.0509. The van der Waals surface area contributed by atoms with Crippen molar-refractivity contribution < 1.29 is 39.6 Å². The Labute approximate surface area is 257 Å². The molecule has 0 spiro atoms. The molecule has 10 nitrogen and oxygen atoms in total. The normalized spacial score (nSPS) is 9.41. The maximum absolute atomic E-state index is 11.4. The Morgan fingerprint density at radius 2 is 0.659 bits per heavy atom. The van der Waals surface area contributed by atoms with Gasteiger partial charge in [0.15, 0.2) is 0 Å². The molecule has 4 aromatic carbocycles. The summed E-state index contributed by atoms with van der Waals surface area (Å²) >= 11 is 0. The first-order chi connectivity index (χ1) is 20.6. The number of amides is 2. The van der Waals surface area contributed by atoms with E-state index in [-0.39, 0.29) is 28.9 Å². The molecule has 10 heteroatoms. The van der Waals surface area contributed by atoms with Crippen LogP contribution in [0.1, 0.15) is 52.6 Å². The molecular weight excluding hydrogens is 564 g/mol. The summed E-state index contributed by atoms with van der Waals surface area (Å²) in [5.41, 5.74) is 4.09. The maximum atomic E-state index is 11.4. The third-order valence-electron chi connectivity index (χ3n) is 5.64. The van der Waals surface area contributed by atoms with E-state index in [4.69, 9.17) is 20.4 Å². The molecule has 0 aliphatic rings. The van der Waals surface area contributed by atoms with Gasteiger partial charge in [-0.05, 0) is 86.6 Å². The minimum Gasteiger partial charge on any atom is -0.508 e. The molecule has 0 atom stereocenters. The van der Waals surface area contributed by atoms with Gasteiger partial charge in [-0.2, -0.15) is 0 Å². The molecule has 4 N–H and O–H groups in total. The number of hydrogen-bond donors (Lipinski definition) is 4. The number of phenols is 2. The highest BCUT2D eigenvalue weighted by atomic mass is 16.4. The predicted octanol–water partition coefficient (Wildman–Crippen LogP) is 5.57. The van der Waals surface area contributed by atoms with Gasteiger partial charge in [0.1, 0.15) is 11.5 Å². The van der Waals surface area contributed by atoms with Crippen molar-refractivity contribution in [3.63, 3.8) is 0 Å². The number of rotatable bonds is 4. The molecule has 0 heterocycles. The highest BCUT2D eigenvalue weighted by molar-refractivity contribution is 5.94. The van der Waals surface area contributed by atoms with Crippen LogP contribution in [0, 0.1) is 13.8 Å². The topological polar surface area (TPSA) is 156 Å². The number of carbonyl (C=O) groups is 4. The van der Waals surface area contributed by atoms with Gasteiger partial charge in [0, 0.05) is 39.3 Å². The molecule has 0 saturated carbocycles. The van der Waals surface area contributed by atoms with Gasteiger partial charge in [-0.25, -0.2) is 9.59 Å². The highest BCUT2D eigenvalue weighted by Gasteiger charge is 2.07. The van der Waals surface area contributed by atoms with Gasteiger partial charge in [0.05, 0.1) is 11.1 Å². The highest BCUT2D eigenvalue weighted by Crippen LogP contribution is 2.11.